The third-order valence-electron chi connectivity index (χ3n) is 2.88. The molecule has 0 bridgehead atoms. The highest BCUT2D eigenvalue weighted by atomic mass is 79.9. The third-order valence-corrected chi connectivity index (χ3v) is 3.31. The summed E-state index contributed by atoms with van der Waals surface area (Å²) in [7, 11) is 0. The molecule has 0 aliphatic carbocycles. The molecule has 1 aromatic carbocycles. The van der Waals surface area contributed by atoms with Gasteiger partial charge < -0.3 is 10.1 Å². The molecule has 0 unspecified atom stereocenters. The van der Waals surface area contributed by atoms with E-state index < -0.39 is 18.0 Å². The van der Waals surface area contributed by atoms with Crippen LogP contribution in [0.25, 0.3) is 0 Å². The highest BCUT2D eigenvalue weighted by Gasteiger charge is 2.19. The summed E-state index contributed by atoms with van der Waals surface area (Å²) in [5.41, 5.74) is 1.25. The third kappa shape index (κ3) is 4.63. The lowest BCUT2D eigenvalue weighted by molar-refractivity contribution is -0.123. The van der Waals surface area contributed by atoms with Gasteiger partial charge in [0, 0.05) is 22.6 Å². The molecule has 1 aromatic heterocycles. The van der Waals surface area contributed by atoms with Gasteiger partial charge in [0.2, 0.25) is 0 Å². The normalized spacial score (nSPS) is 11.2. The Morgan fingerprint density at radius 2 is 2.00 bits per heavy atom. The number of halogens is 1. The van der Waals surface area contributed by atoms with E-state index in [0.717, 1.165) is 0 Å². The van der Waals surface area contributed by atoms with Crippen molar-refractivity contribution in [3.05, 3.63) is 58.3 Å². The summed E-state index contributed by atoms with van der Waals surface area (Å²) in [4.78, 5) is 27.8. The number of hydrogen-bond donors (Lipinski definition) is 1. The van der Waals surface area contributed by atoms with Crippen LogP contribution in [-0.4, -0.2) is 23.0 Å². The van der Waals surface area contributed by atoms with Gasteiger partial charge in [-0.3, -0.25) is 9.78 Å². The Labute approximate surface area is 141 Å². The maximum absolute atomic E-state index is 12.0. The Morgan fingerprint density at radius 3 is 2.61 bits per heavy atom. The first-order valence-corrected chi connectivity index (χ1v) is 7.41. The van der Waals surface area contributed by atoms with Gasteiger partial charge in [-0.15, -0.1) is 0 Å². The Hall–Kier alpha value is -2.72. The zero-order chi connectivity index (χ0) is 16.8. The van der Waals surface area contributed by atoms with Gasteiger partial charge in [-0.2, -0.15) is 5.26 Å². The molecule has 2 rings (SSSR count). The average molecular weight is 374 g/mol. The van der Waals surface area contributed by atoms with Gasteiger partial charge in [0.1, 0.15) is 0 Å². The van der Waals surface area contributed by atoms with Gasteiger partial charge >= 0.3 is 5.97 Å². The maximum atomic E-state index is 12.0. The summed E-state index contributed by atoms with van der Waals surface area (Å²) in [6.45, 7) is 1.47. The molecule has 0 saturated heterocycles. The zero-order valence-corrected chi connectivity index (χ0v) is 13.7. The van der Waals surface area contributed by atoms with Crippen LogP contribution in [0.4, 0.5) is 5.69 Å². The number of amides is 1. The second kappa shape index (κ2) is 7.51. The van der Waals surface area contributed by atoms with E-state index in [1.54, 1.807) is 30.3 Å². The van der Waals surface area contributed by atoms with Crippen molar-refractivity contribution in [1.82, 2.24) is 4.98 Å². The average Bonchev–Trinajstić information content (AvgIpc) is 2.55. The molecule has 116 valence electrons. The molecule has 1 atom stereocenters. The summed E-state index contributed by atoms with van der Waals surface area (Å²) in [5.74, 6) is -1.10. The van der Waals surface area contributed by atoms with E-state index in [4.69, 9.17) is 10.00 Å². The first-order valence-electron chi connectivity index (χ1n) is 6.62. The van der Waals surface area contributed by atoms with E-state index in [1.807, 2.05) is 6.07 Å². The van der Waals surface area contributed by atoms with Gasteiger partial charge in [0.25, 0.3) is 5.91 Å². The number of carbonyl (C=O) groups excluding carboxylic acids is 2. The van der Waals surface area contributed by atoms with E-state index in [-0.39, 0.29) is 5.56 Å². The summed E-state index contributed by atoms with van der Waals surface area (Å²) in [6.07, 6.45) is 1.92. The van der Waals surface area contributed by atoms with Crippen LogP contribution < -0.4 is 5.32 Å². The number of esters is 1. The number of anilines is 1. The fraction of sp³-hybridized carbons (Fsp3) is 0.125. The fourth-order valence-corrected chi connectivity index (χ4v) is 2.04. The summed E-state index contributed by atoms with van der Waals surface area (Å²) in [6, 6.07) is 9.91. The van der Waals surface area contributed by atoms with Crippen molar-refractivity contribution in [3.8, 4) is 6.07 Å². The molecule has 0 fully saturated rings. The Balaban J connectivity index is 1.96. The summed E-state index contributed by atoms with van der Waals surface area (Å²) >= 11 is 3.21. The number of pyridine rings is 1. The van der Waals surface area contributed by atoms with Crippen molar-refractivity contribution in [2.45, 2.75) is 13.0 Å². The minimum atomic E-state index is -0.975. The van der Waals surface area contributed by atoms with E-state index in [9.17, 15) is 9.59 Å². The number of rotatable bonds is 4. The number of nitriles is 1. The summed E-state index contributed by atoms with van der Waals surface area (Å²) < 4.78 is 5.75. The predicted octanol–water partition coefficient (Wildman–Crippen LogP) is 2.90. The van der Waals surface area contributed by atoms with Gasteiger partial charge in [-0.1, -0.05) is 0 Å². The van der Waals surface area contributed by atoms with Crippen LogP contribution in [0.2, 0.25) is 0 Å². The van der Waals surface area contributed by atoms with E-state index in [0.29, 0.717) is 15.7 Å². The predicted molar refractivity (Wildman–Crippen MR) is 86.6 cm³/mol. The number of nitrogens with one attached hydrogen (secondary N) is 1. The van der Waals surface area contributed by atoms with Gasteiger partial charge in [-0.25, -0.2) is 4.79 Å². The SMILES string of the molecule is C[C@H](OC(=O)c1cncc(Br)c1)C(=O)Nc1ccc(C#N)cc1. The lowest BCUT2D eigenvalue weighted by Gasteiger charge is -2.13. The molecule has 0 saturated carbocycles. The molecule has 0 spiro atoms. The maximum Gasteiger partial charge on any atom is 0.340 e. The molecule has 1 N–H and O–H groups in total. The van der Waals surface area contributed by atoms with Gasteiger partial charge in [0.05, 0.1) is 17.2 Å². The first-order chi connectivity index (χ1) is 11.0. The Kier molecular flexibility index (Phi) is 5.44. The van der Waals surface area contributed by atoms with Crippen LogP contribution in [0.1, 0.15) is 22.8 Å². The largest absolute Gasteiger partial charge is 0.449 e. The lowest BCUT2D eigenvalue weighted by atomic mass is 10.2. The van der Waals surface area contributed by atoms with Crippen LogP contribution >= 0.6 is 15.9 Å². The first kappa shape index (κ1) is 16.6. The Morgan fingerprint density at radius 1 is 1.30 bits per heavy atom. The molecule has 6 nitrogen and oxygen atoms in total. The quantitative estimate of drug-likeness (QED) is 0.831. The van der Waals surface area contributed by atoms with Crippen molar-refractivity contribution < 1.29 is 14.3 Å². The fourth-order valence-electron chi connectivity index (χ4n) is 1.68. The molecule has 1 heterocycles. The van der Waals surface area contributed by atoms with E-state index >= 15 is 0 Å². The van der Waals surface area contributed by atoms with Crippen LogP contribution in [0.3, 0.4) is 0 Å². The number of nitrogens with zero attached hydrogens (tertiary/aromatic N) is 2. The smallest absolute Gasteiger partial charge is 0.340 e. The van der Waals surface area contributed by atoms with E-state index in [2.05, 4.69) is 26.2 Å². The second-order valence-electron chi connectivity index (χ2n) is 4.62. The van der Waals surface area contributed by atoms with Crippen LogP contribution in [0.5, 0.6) is 0 Å². The topological polar surface area (TPSA) is 92.1 Å². The second-order valence-corrected chi connectivity index (χ2v) is 5.53. The highest BCUT2D eigenvalue weighted by molar-refractivity contribution is 9.10. The molecule has 0 aliphatic rings. The van der Waals surface area contributed by atoms with Crippen molar-refractivity contribution in [3.63, 3.8) is 0 Å². The number of benzene rings is 1. The number of ether oxygens (including phenoxy) is 1. The van der Waals surface area contributed by atoms with E-state index in [1.165, 1.54) is 19.3 Å². The molecule has 0 aliphatic heterocycles. The van der Waals surface area contributed by atoms with Crippen molar-refractivity contribution in [2.24, 2.45) is 0 Å². The molecular weight excluding hydrogens is 362 g/mol. The molecule has 1 amide bonds. The lowest BCUT2D eigenvalue weighted by Crippen LogP contribution is -2.30. The van der Waals surface area contributed by atoms with Crippen molar-refractivity contribution in [1.29, 1.82) is 5.26 Å². The van der Waals surface area contributed by atoms with Crippen molar-refractivity contribution >= 4 is 33.5 Å². The minimum absolute atomic E-state index is 0.248. The molecular formula is C16H12BrN3O3. The number of hydrogen-bond acceptors (Lipinski definition) is 5. The molecule has 23 heavy (non-hydrogen) atoms. The summed E-state index contributed by atoms with van der Waals surface area (Å²) in [5, 5.41) is 11.3. The van der Waals surface area contributed by atoms with Gasteiger partial charge in [0.15, 0.2) is 6.10 Å². The van der Waals surface area contributed by atoms with Crippen LogP contribution in [0, 0.1) is 11.3 Å². The molecule has 2 aromatic rings. The molecule has 0 radical (unpaired) electrons. The van der Waals surface area contributed by atoms with Crippen LogP contribution in [-0.2, 0) is 9.53 Å². The molecule has 7 heteroatoms. The minimum Gasteiger partial charge on any atom is -0.449 e. The van der Waals surface area contributed by atoms with Gasteiger partial charge in [-0.05, 0) is 53.2 Å². The van der Waals surface area contributed by atoms with Crippen LogP contribution in [0.15, 0.2) is 47.2 Å². The number of carbonyl (C=O) groups is 2. The number of aromatic nitrogens is 1. The Bertz CT molecular complexity index is 769. The van der Waals surface area contributed by atoms with Crippen molar-refractivity contribution in [2.75, 3.05) is 5.32 Å². The monoisotopic (exact) mass is 373 g/mol. The highest BCUT2D eigenvalue weighted by Crippen LogP contribution is 2.13. The zero-order valence-electron chi connectivity index (χ0n) is 12.1. The standard InChI is InChI=1S/C16H12BrN3O3/c1-10(23-16(22)12-6-13(17)9-19-8-12)15(21)20-14-4-2-11(7-18)3-5-14/h2-6,8-10H,1H3,(H,20,21)/t10-/m0/s1.